The fourth-order valence-corrected chi connectivity index (χ4v) is 3.18. The number of hydrogen-bond donors (Lipinski definition) is 1. The van der Waals surface area contributed by atoms with Crippen LogP contribution < -0.4 is 15.4 Å². The molecule has 144 valence electrons. The lowest BCUT2D eigenvalue weighted by Gasteiger charge is -2.20. The molecule has 1 atom stereocenters. The summed E-state index contributed by atoms with van der Waals surface area (Å²) in [6.45, 7) is 1.63. The summed E-state index contributed by atoms with van der Waals surface area (Å²) >= 11 is 12.2. The van der Waals surface area contributed by atoms with Crippen molar-refractivity contribution in [2.45, 2.75) is 13.0 Å². The standard InChI is InChI=1S/C18H14Cl2FN5O2/c1-10(16-12(19)2-3-13(21)17(16)20)28-14-8-15(24-25-18(14)22)26(9-27)11-4-6-23-7-5-11/h2-10H,1H3,(H2,22,25). The van der Waals surface area contributed by atoms with E-state index >= 15 is 0 Å². The average Bonchev–Trinajstić information content (AvgIpc) is 2.69. The number of ether oxygens (including phenoxy) is 1. The van der Waals surface area contributed by atoms with Gasteiger partial charge in [0.2, 0.25) is 6.41 Å². The van der Waals surface area contributed by atoms with Crippen LogP contribution in [0.4, 0.5) is 21.7 Å². The Morgan fingerprint density at radius 2 is 1.93 bits per heavy atom. The predicted octanol–water partition coefficient (Wildman–Crippen LogP) is 4.33. The molecular weight excluding hydrogens is 408 g/mol. The Kier molecular flexibility index (Phi) is 5.91. The van der Waals surface area contributed by atoms with Crippen molar-refractivity contribution in [3.05, 3.63) is 64.2 Å². The van der Waals surface area contributed by atoms with Gasteiger partial charge in [0.25, 0.3) is 0 Å². The van der Waals surface area contributed by atoms with Crippen molar-refractivity contribution in [3.63, 3.8) is 0 Å². The van der Waals surface area contributed by atoms with Crippen molar-refractivity contribution >= 4 is 46.9 Å². The van der Waals surface area contributed by atoms with Crippen molar-refractivity contribution in [1.82, 2.24) is 15.2 Å². The number of anilines is 3. The quantitative estimate of drug-likeness (QED) is 0.469. The summed E-state index contributed by atoms with van der Waals surface area (Å²) in [7, 11) is 0. The van der Waals surface area contributed by atoms with Gasteiger partial charge in [0, 0.05) is 29.0 Å². The van der Waals surface area contributed by atoms with E-state index in [0.29, 0.717) is 12.1 Å². The maximum atomic E-state index is 13.8. The number of rotatable bonds is 6. The van der Waals surface area contributed by atoms with E-state index in [4.69, 9.17) is 33.7 Å². The molecule has 0 saturated carbocycles. The molecule has 3 aromatic rings. The normalized spacial score (nSPS) is 11.7. The molecule has 0 spiro atoms. The first-order valence-electron chi connectivity index (χ1n) is 8.00. The van der Waals surface area contributed by atoms with Crippen LogP contribution in [0.2, 0.25) is 10.0 Å². The van der Waals surface area contributed by atoms with Crippen molar-refractivity contribution in [2.75, 3.05) is 10.6 Å². The van der Waals surface area contributed by atoms with Crippen LogP contribution in [0.1, 0.15) is 18.6 Å². The van der Waals surface area contributed by atoms with E-state index in [9.17, 15) is 9.18 Å². The number of pyridine rings is 1. The maximum Gasteiger partial charge on any atom is 0.219 e. The van der Waals surface area contributed by atoms with Gasteiger partial charge in [-0.05, 0) is 31.2 Å². The lowest BCUT2D eigenvalue weighted by molar-refractivity contribution is -0.106. The Hall–Kier alpha value is -2.97. The molecule has 2 aromatic heterocycles. The number of halogens is 3. The molecule has 28 heavy (non-hydrogen) atoms. The second kappa shape index (κ2) is 8.37. The number of carbonyl (C=O) groups excluding carboxylic acids is 1. The van der Waals surface area contributed by atoms with Gasteiger partial charge in [0.15, 0.2) is 17.4 Å². The SMILES string of the molecule is CC(Oc1cc(N(C=O)c2ccncc2)nnc1N)c1c(Cl)ccc(F)c1Cl. The fraction of sp³-hybridized carbons (Fsp3) is 0.111. The van der Waals surface area contributed by atoms with Crippen LogP contribution in [0.25, 0.3) is 0 Å². The first-order chi connectivity index (χ1) is 13.4. The zero-order chi connectivity index (χ0) is 20.3. The number of carbonyl (C=O) groups is 1. The summed E-state index contributed by atoms with van der Waals surface area (Å²) in [6, 6.07) is 7.24. The van der Waals surface area contributed by atoms with Crippen LogP contribution in [0.5, 0.6) is 5.75 Å². The summed E-state index contributed by atoms with van der Waals surface area (Å²) in [6.07, 6.45) is 2.89. The Morgan fingerprint density at radius 1 is 1.21 bits per heavy atom. The Balaban J connectivity index is 1.94. The molecule has 7 nitrogen and oxygen atoms in total. The van der Waals surface area contributed by atoms with Gasteiger partial charge >= 0.3 is 0 Å². The summed E-state index contributed by atoms with van der Waals surface area (Å²) in [5, 5.41) is 7.85. The van der Waals surface area contributed by atoms with Crippen LogP contribution in [-0.2, 0) is 4.79 Å². The van der Waals surface area contributed by atoms with E-state index in [-0.39, 0.29) is 33.0 Å². The highest BCUT2D eigenvalue weighted by atomic mass is 35.5. The third kappa shape index (κ3) is 3.97. The molecule has 0 fully saturated rings. The molecule has 0 aliphatic heterocycles. The summed E-state index contributed by atoms with van der Waals surface area (Å²) < 4.78 is 19.6. The topological polar surface area (TPSA) is 94.2 Å². The summed E-state index contributed by atoms with van der Waals surface area (Å²) in [4.78, 5) is 16.7. The van der Waals surface area contributed by atoms with Crippen LogP contribution >= 0.6 is 23.2 Å². The number of aromatic nitrogens is 3. The summed E-state index contributed by atoms with van der Waals surface area (Å²) in [5.41, 5.74) is 6.64. The van der Waals surface area contributed by atoms with Crippen molar-refractivity contribution < 1.29 is 13.9 Å². The van der Waals surface area contributed by atoms with E-state index in [2.05, 4.69) is 15.2 Å². The Bertz CT molecular complexity index is 1010. The number of amides is 1. The molecule has 1 aromatic carbocycles. The first kappa shape index (κ1) is 19.8. The average molecular weight is 422 g/mol. The van der Waals surface area contributed by atoms with Gasteiger partial charge in [-0.15, -0.1) is 10.2 Å². The molecule has 0 aliphatic rings. The predicted molar refractivity (Wildman–Crippen MR) is 104 cm³/mol. The Labute approximate surface area is 169 Å². The van der Waals surface area contributed by atoms with E-state index in [1.54, 1.807) is 19.1 Å². The van der Waals surface area contributed by atoms with Crippen molar-refractivity contribution in [3.8, 4) is 5.75 Å². The number of nitrogen functional groups attached to an aromatic ring is 1. The smallest absolute Gasteiger partial charge is 0.219 e. The van der Waals surface area contributed by atoms with Gasteiger partial charge < -0.3 is 10.5 Å². The lowest BCUT2D eigenvalue weighted by Crippen LogP contribution is -2.17. The second-order valence-electron chi connectivity index (χ2n) is 5.65. The molecule has 10 heteroatoms. The number of nitrogens with two attached hydrogens (primary N) is 1. The van der Waals surface area contributed by atoms with Crippen molar-refractivity contribution in [1.29, 1.82) is 0 Å². The molecule has 2 N–H and O–H groups in total. The highest BCUT2D eigenvalue weighted by Crippen LogP contribution is 2.36. The minimum absolute atomic E-state index is 0.0141. The number of benzene rings is 1. The van der Waals surface area contributed by atoms with Crippen LogP contribution in [0.15, 0.2) is 42.7 Å². The van der Waals surface area contributed by atoms with Gasteiger partial charge in [-0.25, -0.2) is 4.39 Å². The highest BCUT2D eigenvalue weighted by Gasteiger charge is 2.21. The third-order valence-electron chi connectivity index (χ3n) is 3.86. The highest BCUT2D eigenvalue weighted by molar-refractivity contribution is 6.36. The monoisotopic (exact) mass is 421 g/mol. The van der Waals surface area contributed by atoms with E-state index in [0.717, 1.165) is 6.07 Å². The molecule has 1 unspecified atom stereocenters. The van der Waals surface area contributed by atoms with E-state index in [1.165, 1.54) is 29.4 Å². The number of nitrogens with zero attached hydrogens (tertiary/aromatic N) is 4. The molecule has 0 aliphatic carbocycles. The molecule has 3 rings (SSSR count). The van der Waals surface area contributed by atoms with Gasteiger partial charge in [-0.3, -0.25) is 14.7 Å². The number of hydrogen-bond acceptors (Lipinski definition) is 6. The molecule has 2 heterocycles. The molecule has 0 radical (unpaired) electrons. The third-order valence-corrected chi connectivity index (χ3v) is 4.57. The second-order valence-corrected chi connectivity index (χ2v) is 6.43. The van der Waals surface area contributed by atoms with Crippen LogP contribution in [0, 0.1) is 5.82 Å². The van der Waals surface area contributed by atoms with Crippen LogP contribution in [0.3, 0.4) is 0 Å². The fourth-order valence-electron chi connectivity index (χ4n) is 2.50. The van der Waals surface area contributed by atoms with Crippen LogP contribution in [-0.4, -0.2) is 21.6 Å². The van der Waals surface area contributed by atoms with E-state index < -0.39 is 11.9 Å². The summed E-state index contributed by atoms with van der Waals surface area (Å²) in [5.74, 6) is -0.327. The minimum Gasteiger partial charge on any atom is -0.482 e. The molecule has 0 bridgehead atoms. The zero-order valence-corrected chi connectivity index (χ0v) is 16.0. The zero-order valence-electron chi connectivity index (χ0n) is 14.5. The first-order valence-corrected chi connectivity index (χ1v) is 8.75. The largest absolute Gasteiger partial charge is 0.482 e. The van der Waals surface area contributed by atoms with Gasteiger partial charge in [0.1, 0.15) is 11.9 Å². The molecule has 1 amide bonds. The lowest BCUT2D eigenvalue weighted by atomic mass is 10.1. The minimum atomic E-state index is -0.749. The van der Waals surface area contributed by atoms with Gasteiger partial charge in [0.05, 0.1) is 10.7 Å². The van der Waals surface area contributed by atoms with Gasteiger partial charge in [-0.2, -0.15) is 0 Å². The molecular formula is C18H14Cl2FN5O2. The molecule has 0 saturated heterocycles. The van der Waals surface area contributed by atoms with E-state index in [1.807, 2.05) is 0 Å². The Morgan fingerprint density at radius 3 is 2.61 bits per heavy atom. The van der Waals surface area contributed by atoms with Gasteiger partial charge in [-0.1, -0.05) is 23.2 Å². The maximum absolute atomic E-state index is 13.8. The van der Waals surface area contributed by atoms with Crippen molar-refractivity contribution in [2.24, 2.45) is 0 Å².